The maximum atomic E-state index is 14.2. The topological polar surface area (TPSA) is 23.4 Å². The lowest BCUT2D eigenvalue weighted by Gasteiger charge is -2.51. The lowest BCUT2D eigenvalue weighted by Crippen LogP contribution is -2.49. The average molecular weight is 457 g/mol. The Kier molecular flexibility index (Phi) is 4.60. The Morgan fingerprint density at radius 2 is 1.85 bits per heavy atom. The number of hydrogen-bond donors (Lipinski definition) is 0. The van der Waals surface area contributed by atoms with Crippen molar-refractivity contribution >= 4 is 10.9 Å². The summed E-state index contributed by atoms with van der Waals surface area (Å²) < 4.78 is 38.0. The smallest absolute Gasteiger partial charge is 0.129 e. The van der Waals surface area contributed by atoms with Gasteiger partial charge in [0.1, 0.15) is 18.2 Å². The van der Waals surface area contributed by atoms with Gasteiger partial charge in [0.15, 0.2) is 0 Å². The van der Waals surface area contributed by atoms with E-state index in [0.717, 1.165) is 39.9 Å². The van der Waals surface area contributed by atoms with Gasteiger partial charge in [0.2, 0.25) is 0 Å². The van der Waals surface area contributed by atoms with E-state index in [-0.39, 0.29) is 17.8 Å². The van der Waals surface area contributed by atoms with Gasteiger partial charge in [-0.25, -0.2) is 4.39 Å². The van der Waals surface area contributed by atoms with E-state index in [2.05, 4.69) is 36.6 Å². The molecule has 0 N–H and O–H groups in total. The quantitative estimate of drug-likeness (QED) is 0.320. The number of rotatable bonds is 4. The molecule has 0 unspecified atom stereocenters. The highest BCUT2D eigenvalue weighted by molar-refractivity contribution is 5.94. The third-order valence-corrected chi connectivity index (χ3v) is 7.16. The monoisotopic (exact) mass is 456 g/mol. The normalized spacial score (nSPS) is 23.4. The van der Waals surface area contributed by atoms with Gasteiger partial charge in [-0.3, -0.25) is 0 Å². The molecule has 1 spiro atoms. The largest absolute Gasteiger partial charge is 0.488 e. The molecule has 1 aliphatic carbocycles. The molecule has 1 aromatic heterocycles. The van der Waals surface area contributed by atoms with Crippen LogP contribution in [-0.2, 0) is 23.4 Å². The number of aromatic nitrogens is 1. The van der Waals surface area contributed by atoms with Crippen LogP contribution in [0.5, 0.6) is 5.75 Å². The molecule has 4 heteroatoms. The maximum Gasteiger partial charge on any atom is 0.129 e. The Hall–Kier alpha value is -3.11. The van der Waals surface area contributed by atoms with Crippen molar-refractivity contribution < 1.29 is 15.2 Å². The standard InChI is InChI=1S/C30H30FNO2/c1-20-17-22(13-14-23(20)31)32-24-11-7-12-26(33-19-21-9-5-4-6-10-21)27(24)28-25(32)18-29(2,3)34-30(28)15-8-16-30/h4-7,9-14,17H,8,15-16,18-19H2,1-3H3/i8D. The number of hydrogen-bond acceptors (Lipinski definition) is 2. The van der Waals surface area contributed by atoms with Gasteiger partial charge in [0.05, 0.1) is 16.7 Å². The van der Waals surface area contributed by atoms with Crippen molar-refractivity contribution in [1.82, 2.24) is 4.57 Å². The number of nitrogens with zero attached hydrogens (tertiary/aromatic N) is 1. The summed E-state index contributed by atoms with van der Waals surface area (Å²) in [6.07, 6.45) is 1.91. The third-order valence-electron chi connectivity index (χ3n) is 7.16. The van der Waals surface area contributed by atoms with Crippen LogP contribution >= 0.6 is 0 Å². The Bertz CT molecular complexity index is 1420. The van der Waals surface area contributed by atoms with Gasteiger partial charge in [-0.05, 0) is 81.5 Å². The molecular formula is C30H30FNO2. The Morgan fingerprint density at radius 1 is 1.06 bits per heavy atom. The summed E-state index contributed by atoms with van der Waals surface area (Å²) in [5, 5.41) is 1.04. The van der Waals surface area contributed by atoms with E-state index in [9.17, 15) is 4.39 Å². The molecule has 174 valence electrons. The second kappa shape index (κ2) is 7.71. The van der Waals surface area contributed by atoms with Crippen molar-refractivity contribution in [2.24, 2.45) is 0 Å². The van der Waals surface area contributed by atoms with Gasteiger partial charge in [0.25, 0.3) is 0 Å². The fourth-order valence-electron chi connectivity index (χ4n) is 5.65. The van der Waals surface area contributed by atoms with E-state index < -0.39 is 5.60 Å². The van der Waals surface area contributed by atoms with Crippen LogP contribution in [0.2, 0.25) is 0 Å². The molecule has 0 amide bonds. The van der Waals surface area contributed by atoms with Crippen LogP contribution in [0.1, 0.15) is 56.8 Å². The van der Waals surface area contributed by atoms with E-state index in [4.69, 9.17) is 10.8 Å². The number of benzene rings is 3. The van der Waals surface area contributed by atoms with Crippen LogP contribution in [0.15, 0.2) is 66.7 Å². The van der Waals surface area contributed by atoms with Crippen LogP contribution in [0.25, 0.3) is 16.6 Å². The van der Waals surface area contributed by atoms with Crippen molar-refractivity contribution in [3.63, 3.8) is 0 Å². The van der Waals surface area contributed by atoms with Gasteiger partial charge < -0.3 is 14.0 Å². The van der Waals surface area contributed by atoms with Crippen LogP contribution in [0.3, 0.4) is 0 Å². The molecule has 6 rings (SSSR count). The van der Waals surface area contributed by atoms with Crippen molar-refractivity contribution in [1.29, 1.82) is 0 Å². The zero-order chi connectivity index (χ0) is 24.4. The van der Waals surface area contributed by atoms with Gasteiger partial charge in [-0.1, -0.05) is 36.4 Å². The minimum absolute atomic E-state index is 0.138. The molecule has 1 aliphatic heterocycles. The minimum Gasteiger partial charge on any atom is -0.488 e. The fourth-order valence-corrected chi connectivity index (χ4v) is 5.65. The van der Waals surface area contributed by atoms with Crippen molar-refractivity contribution in [2.45, 2.75) is 64.2 Å². The van der Waals surface area contributed by atoms with E-state index in [1.807, 2.05) is 42.5 Å². The van der Waals surface area contributed by atoms with Crippen molar-refractivity contribution in [3.05, 3.63) is 94.9 Å². The molecule has 1 fully saturated rings. The van der Waals surface area contributed by atoms with E-state index in [1.165, 1.54) is 5.69 Å². The number of aryl methyl sites for hydroxylation is 1. The van der Waals surface area contributed by atoms with Crippen LogP contribution in [0, 0.1) is 12.7 Å². The first-order valence-electron chi connectivity index (χ1n) is 12.6. The van der Waals surface area contributed by atoms with Gasteiger partial charge in [0, 0.05) is 30.1 Å². The molecule has 2 heterocycles. The lowest BCUT2D eigenvalue weighted by molar-refractivity contribution is -0.194. The number of halogens is 1. The molecule has 0 saturated heterocycles. The van der Waals surface area contributed by atoms with Crippen molar-refractivity contribution in [2.75, 3.05) is 0 Å². The molecule has 3 aromatic carbocycles. The lowest BCUT2D eigenvalue weighted by atomic mass is 9.70. The van der Waals surface area contributed by atoms with E-state index in [1.54, 1.807) is 13.0 Å². The van der Waals surface area contributed by atoms with Gasteiger partial charge in [-0.15, -0.1) is 0 Å². The molecule has 1 saturated carbocycles. The molecular weight excluding hydrogens is 425 g/mol. The zero-order valence-electron chi connectivity index (χ0n) is 20.9. The van der Waals surface area contributed by atoms with Crippen LogP contribution in [-0.4, -0.2) is 10.2 Å². The fraction of sp³-hybridized carbons (Fsp3) is 0.333. The third kappa shape index (κ3) is 3.35. The SMILES string of the molecule is [2H]C1CC2(C1)OC(C)(C)Cc1c2c2c(OCc3ccccc3)cccc2n1-c1ccc(F)c(C)c1. The highest BCUT2D eigenvalue weighted by Gasteiger charge is 2.51. The molecule has 0 radical (unpaired) electrons. The zero-order valence-corrected chi connectivity index (χ0v) is 19.9. The first-order valence-corrected chi connectivity index (χ1v) is 12.0. The summed E-state index contributed by atoms with van der Waals surface area (Å²) in [5.41, 5.74) is 5.11. The van der Waals surface area contributed by atoms with Crippen LogP contribution < -0.4 is 4.74 Å². The Morgan fingerprint density at radius 3 is 2.59 bits per heavy atom. The predicted molar refractivity (Wildman–Crippen MR) is 133 cm³/mol. The summed E-state index contributed by atoms with van der Waals surface area (Å²) in [4.78, 5) is 0. The summed E-state index contributed by atoms with van der Waals surface area (Å²) in [7, 11) is 0. The highest BCUT2D eigenvalue weighted by Crippen LogP contribution is 2.56. The summed E-state index contributed by atoms with van der Waals surface area (Å²) in [5.74, 6) is 0.610. The summed E-state index contributed by atoms with van der Waals surface area (Å²) in [6, 6.07) is 21.6. The maximum absolute atomic E-state index is 14.2. The minimum atomic E-state index is -0.506. The number of fused-ring (bicyclic) bond motifs is 4. The van der Waals surface area contributed by atoms with Gasteiger partial charge in [-0.2, -0.15) is 0 Å². The average Bonchev–Trinajstić information content (AvgIpc) is 3.13. The van der Waals surface area contributed by atoms with E-state index >= 15 is 0 Å². The van der Waals surface area contributed by atoms with E-state index in [0.29, 0.717) is 25.0 Å². The highest BCUT2D eigenvalue weighted by atomic mass is 19.1. The number of ether oxygens (including phenoxy) is 2. The van der Waals surface area contributed by atoms with Crippen LogP contribution in [0.4, 0.5) is 4.39 Å². The van der Waals surface area contributed by atoms with Crippen molar-refractivity contribution in [3.8, 4) is 11.4 Å². The molecule has 2 aliphatic rings. The summed E-state index contributed by atoms with van der Waals surface area (Å²) >= 11 is 0. The summed E-state index contributed by atoms with van der Waals surface area (Å²) in [6.45, 7) is 6.52. The first-order chi connectivity index (χ1) is 16.8. The molecule has 0 atom stereocenters. The Balaban J connectivity index is 1.60. The molecule has 0 bridgehead atoms. The first kappa shape index (κ1) is 20.3. The molecule has 34 heavy (non-hydrogen) atoms. The van der Waals surface area contributed by atoms with Gasteiger partial charge >= 0.3 is 0 Å². The molecule has 4 aromatic rings. The Labute approximate surface area is 201 Å². The second-order valence-corrected chi connectivity index (χ2v) is 10.2. The predicted octanol–water partition coefficient (Wildman–Crippen LogP) is 7.39. The second-order valence-electron chi connectivity index (χ2n) is 10.2. The molecule has 3 nitrogen and oxygen atoms in total.